The standard InChI is InChI=1S/C17H19N5O3/c1-20(2)10-14-17(19-16-7-5-12(18)9-21(14)16)11-4-6-15(25-3)13(8-11)22(23)24/h4-9H,10,18H2,1-3H3. The molecular weight excluding hydrogens is 322 g/mol. The minimum absolute atomic E-state index is 0.0904. The van der Waals surface area contributed by atoms with Crippen LogP contribution in [0.25, 0.3) is 16.9 Å². The molecular formula is C17H19N5O3. The summed E-state index contributed by atoms with van der Waals surface area (Å²) in [6, 6.07) is 8.46. The number of nitrogens with zero attached hydrogens (tertiary/aromatic N) is 4. The van der Waals surface area contributed by atoms with Crippen LogP contribution in [0.15, 0.2) is 36.5 Å². The number of ether oxygens (including phenoxy) is 1. The van der Waals surface area contributed by atoms with E-state index in [1.165, 1.54) is 13.2 Å². The number of hydrogen-bond acceptors (Lipinski definition) is 6. The van der Waals surface area contributed by atoms with E-state index in [-0.39, 0.29) is 11.4 Å². The number of pyridine rings is 1. The number of fused-ring (bicyclic) bond motifs is 1. The van der Waals surface area contributed by atoms with Crippen molar-refractivity contribution in [1.82, 2.24) is 14.3 Å². The first-order valence-corrected chi connectivity index (χ1v) is 7.64. The molecule has 2 aromatic heterocycles. The van der Waals surface area contributed by atoms with Crippen LogP contribution >= 0.6 is 0 Å². The predicted octanol–water partition coefficient (Wildman–Crippen LogP) is 2.56. The molecule has 0 amide bonds. The summed E-state index contributed by atoms with van der Waals surface area (Å²) >= 11 is 0. The summed E-state index contributed by atoms with van der Waals surface area (Å²) in [5.41, 5.74) is 9.43. The van der Waals surface area contributed by atoms with Crippen LogP contribution in [-0.2, 0) is 6.54 Å². The van der Waals surface area contributed by atoms with Crippen LogP contribution in [0.1, 0.15) is 5.69 Å². The molecule has 0 bridgehead atoms. The maximum atomic E-state index is 11.3. The van der Waals surface area contributed by atoms with Gasteiger partial charge in [-0.1, -0.05) is 0 Å². The molecule has 0 saturated heterocycles. The first-order valence-electron chi connectivity index (χ1n) is 7.64. The first kappa shape index (κ1) is 16.7. The molecule has 0 radical (unpaired) electrons. The minimum Gasteiger partial charge on any atom is -0.490 e. The molecule has 0 aliphatic heterocycles. The second kappa shape index (κ2) is 6.40. The van der Waals surface area contributed by atoms with Crippen molar-refractivity contribution < 1.29 is 9.66 Å². The van der Waals surface area contributed by atoms with E-state index >= 15 is 0 Å². The lowest BCUT2D eigenvalue weighted by Crippen LogP contribution is -2.13. The number of benzene rings is 1. The van der Waals surface area contributed by atoms with Crippen LogP contribution in [0, 0.1) is 10.1 Å². The van der Waals surface area contributed by atoms with Crippen LogP contribution in [0.4, 0.5) is 11.4 Å². The van der Waals surface area contributed by atoms with Gasteiger partial charge in [-0.25, -0.2) is 4.98 Å². The van der Waals surface area contributed by atoms with E-state index in [0.29, 0.717) is 23.5 Å². The Labute approximate surface area is 144 Å². The Kier molecular flexibility index (Phi) is 4.28. The fourth-order valence-electron chi connectivity index (χ4n) is 2.77. The van der Waals surface area contributed by atoms with Crippen molar-refractivity contribution in [3.8, 4) is 17.0 Å². The van der Waals surface area contributed by atoms with Crippen molar-refractivity contribution in [1.29, 1.82) is 0 Å². The third-order valence-electron chi connectivity index (χ3n) is 3.86. The normalized spacial score (nSPS) is 11.2. The maximum Gasteiger partial charge on any atom is 0.311 e. The average molecular weight is 341 g/mol. The van der Waals surface area contributed by atoms with Crippen LogP contribution < -0.4 is 10.5 Å². The fraction of sp³-hybridized carbons (Fsp3) is 0.235. The monoisotopic (exact) mass is 341 g/mol. The lowest BCUT2D eigenvalue weighted by molar-refractivity contribution is -0.385. The number of rotatable bonds is 5. The van der Waals surface area contributed by atoms with Gasteiger partial charge in [0.15, 0.2) is 5.75 Å². The molecule has 0 aliphatic rings. The van der Waals surface area contributed by atoms with Gasteiger partial charge in [0.05, 0.1) is 23.4 Å². The lowest BCUT2D eigenvalue weighted by Gasteiger charge is -2.12. The molecule has 2 heterocycles. The van der Waals surface area contributed by atoms with Gasteiger partial charge in [-0.3, -0.25) is 10.1 Å². The average Bonchev–Trinajstić information content (AvgIpc) is 2.91. The number of aromatic nitrogens is 2. The summed E-state index contributed by atoms with van der Waals surface area (Å²) < 4.78 is 6.99. The summed E-state index contributed by atoms with van der Waals surface area (Å²) in [6.07, 6.45) is 1.81. The van der Waals surface area contributed by atoms with Crippen LogP contribution in [0.2, 0.25) is 0 Å². The van der Waals surface area contributed by atoms with Crippen molar-refractivity contribution in [3.05, 3.63) is 52.3 Å². The molecule has 2 N–H and O–H groups in total. The Morgan fingerprint density at radius 3 is 2.72 bits per heavy atom. The lowest BCUT2D eigenvalue weighted by atomic mass is 10.1. The van der Waals surface area contributed by atoms with Gasteiger partial charge in [0, 0.05) is 30.1 Å². The SMILES string of the molecule is COc1ccc(-c2nc3ccc(N)cn3c2CN(C)C)cc1[N+](=O)[O-]. The molecule has 8 nitrogen and oxygen atoms in total. The van der Waals surface area contributed by atoms with Gasteiger partial charge in [-0.2, -0.15) is 0 Å². The summed E-state index contributed by atoms with van der Waals surface area (Å²) in [5, 5.41) is 11.3. The Hall–Kier alpha value is -3.13. The van der Waals surface area contributed by atoms with Crippen molar-refractivity contribution in [2.75, 3.05) is 26.9 Å². The topological polar surface area (TPSA) is 98.9 Å². The molecule has 0 atom stereocenters. The highest BCUT2D eigenvalue weighted by molar-refractivity contribution is 5.71. The fourth-order valence-corrected chi connectivity index (χ4v) is 2.77. The molecule has 0 fully saturated rings. The Bertz CT molecular complexity index is 949. The largest absolute Gasteiger partial charge is 0.490 e. The highest BCUT2D eigenvalue weighted by Crippen LogP contribution is 2.34. The molecule has 1 aromatic carbocycles. The molecule has 0 aliphatic carbocycles. The summed E-state index contributed by atoms with van der Waals surface area (Å²) in [4.78, 5) is 17.5. The molecule has 0 saturated carbocycles. The Morgan fingerprint density at radius 1 is 1.32 bits per heavy atom. The van der Waals surface area contributed by atoms with Gasteiger partial charge in [0.2, 0.25) is 0 Å². The van der Waals surface area contributed by atoms with Crippen LogP contribution in [0.3, 0.4) is 0 Å². The highest BCUT2D eigenvalue weighted by atomic mass is 16.6. The zero-order valence-corrected chi connectivity index (χ0v) is 14.3. The van der Waals surface area contributed by atoms with Gasteiger partial charge < -0.3 is 19.8 Å². The molecule has 25 heavy (non-hydrogen) atoms. The second-order valence-corrected chi connectivity index (χ2v) is 5.98. The summed E-state index contributed by atoms with van der Waals surface area (Å²) in [7, 11) is 5.31. The van der Waals surface area contributed by atoms with Crippen LogP contribution in [-0.4, -0.2) is 40.4 Å². The summed E-state index contributed by atoms with van der Waals surface area (Å²) in [5.74, 6) is 0.218. The number of nitro benzene ring substituents is 1. The van der Waals surface area contributed by atoms with Gasteiger partial charge in [-0.05, 0) is 38.4 Å². The predicted molar refractivity (Wildman–Crippen MR) is 95.6 cm³/mol. The van der Waals surface area contributed by atoms with E-state index in [1.54, 1.807) is 18.2 Å². The molecule has 3 rings (SSSR count). The number of imidazole rings is 1. The molecule has 130 valence electrons. The number of methoxy groups -OCH3 is 1. The number of nitrogens with two attached hydrogens (primary N) is 1. The Morgan fingerprint density at radius 2 is 2.08 bits per heavy atom. The third kappa shape index (κ3) is 3.11. The van der Waals surface area contributed by atoms with Gasteiger partial charge in [-0.15, -0.1) is 0 Å². The van der Waals surface area contributed by atoms with Crippen molar-refractivity contribution >= 4 is 17.0 Å². The maximum absolute atomic E-state index is 11.3. The van der Waals surface area contributed by atoms with E-state index in [0.717, 1.165) is 11.3 Å². The van der Waals surface area contributed by atoms with E-state index in [1.807, 2.05) is 35.7 Å². The minimum atomic E-state index is -0.457. The first-order chi connectivity index (χ1) is 11.9. The molecule has 0 unspecified atom stereocenters. The van der Waals surface area contributed by atoms with E-state index in [9.17, 15) is 10.1 Å². The zero-order chi connectivity index (χ0) is 18.1. The number of anilines is 1. The second-order valence-electron chi connectivity index (χ2n) is 5.98. The number of hydrogen-bond donors (Lipinski definition) is 1. The number of nitrogen functional groups attached to an aromatic ring is 1. The van der Waals surface area contributed by atoms with Gasteiger partial charge >= 0.3 is 5.69 Å². The smallest absolute Gasteiger partial charge is 0.311 e. The number of nitro groups is 1. The van der Waals surface area contributed by atoms with E-state index in [4.69, 9.17) is 10.5 Å². The summed E-state index contributed by atoms with van der Waals surface area (Å²) in [6.45, 7) is 0.611. The van der Waals surface area contributed by atoms with Crippen molar-refractivity contribution in [2.45, 2.75) is 6.54 Å². The third-order valence-corrected chi connectivity index (χ3v) is 3.86. The van der Waals surface area contributed by atoms with Gasteiger partial charge in [0.1, 0.15) is 5.65 Å². The van der Waals surface area contributed by atoms with Crippen molar-refractivity contribution in [2.24, 2.45) is 0 Å². The molecule has 8 heteroatoms. The van der Waals surface area contributed by atoms with E-state index in [2.05, 4.69) is 4.98 Å². The molecule has 3 aromatic rings. The van der Waals surface area contributed by atoms with Gasteiger partial charge in [0.25, 0.3) is 0 Å². The van der Waals surface area contributed by atoms with E-state index < -0.39 is 4.92 Å². The molecule has 0 spiro atoms. The van der Waals surface area contributed by atoms with Crippen molar-refractivity contribution in [3.63, 3.8) is 0 Å². The van der Waals surface area contributed by atoms with Crippen LogP contribution in [0.5, 0.6) is 5.75 Å². The highest BCUT2D eigenvalue weighted by Gasteiger charge is 2.20. The quantitative estimate of drug-likeness (QED) is 0.565. The Balaban J connectivity index is 2.24. The zero-order valence-electron chi connectivity index (χ0n) is 14.3.